The predicted octanol–water partition coefficient (Wildman–Crippen LogP) is 26.5. The van der Waals surface area contributed by atoms with Crippen LogP contribution >= 0.6 is 0 Å². The summed E-state index contributed by atoms with van der Waals surface area (Å²) in [6.07, 6.45) is 0. The third-order valence-electron chi connectivity index (χ3n) is 22.2. The highest BCUT2D eigenvalue weighted by Crippen LogP contribution is 2.50. The van der Waals surface area contributed by atoms with E-state index < -0.39 is 0 Å². The van der Waals surface area contributed by atoms with E-state index in [1.54, 1.807) is 0 Å². The second-order valence-corrected chi connectivity index (χ2v) is 28.8. The Morgan fingerprint density at radius 2 is 0.565 bits per heavy atom. The van der Waals surface area contributed by atoms with Crippen molar-refractivity contribution in [2.75, 3.05) is 0 Å². The molecule has 1 aliphatic rings. The second kappa shape index (κ2) is 25.1. The van der Waals surface area contributed by atoms with Gasteiger partial charge in [0.25, 0.3) is 0 Å². The number of fused-ring (bicyclic) bond motifs is 20. The fourth-order valence-electron chi connectivity index (χ4n) is 16.8. The normalized spacial score (nSPS) is 12.4. The molecule has 7 heteroatoms. The number of para-hydroxylation sites is 1. The average molecular weight is 1380 g/mol. The van der Waals surface area contributed by atoms with Crippen molar-refractivity contribution in [1.29, 1.82) is 0 Å². The van der Waals surface area contributed by atoms with Crippen LogP contribution in [0, 0.1) is 0 Å². The lowest BCUT2D eigenvalue weighted by Gasteiger charge is -2.21. The van der Waals surface area contributed by atoms with Crippen molar-refractivity contribution in [2.45, 2.75) is 19.3 Å². The summed E-state index contributed by atoms with van der Waals surface area (Å²) in [6.45, 7) is 4.61. The molecule has 0 aliphatic heterocycles. The summed E-state index contributed by atoms with van der Waals surface area (Å²) in [5, 5.41) is 22.3. The van der Waals surface area contributed by atoms with Gasteiger partial charge in [-0.05, 0) is 173 Å². The monoisotopic (exact) mass is 1380 g/mol. The molecule has 18 aromatic carbocycles. The average Bonchev–Trinajstić information content (AvgIpc) is 1.29. The molecule has 0 atom stereocenters. The van der Waals surface area contributed by atoms with Crippen LogP contribution in [0.1, 0.15) is 25.0 Å². The number of furan rings is 1. The van der Waals surface area contributed by atoms with Crippen LogP contribution in [-0.4, -0.2) is 29.9 Å². The van der Waals surface area contributed by atoms with Crippen LogP contribution in [0.3, 0.4) is 0 Å². The van der Waals surface area contributed by atoms with Crippen molar-refractivity contribution < 1.29 is 4.42 Å². The standard InChI is InChI=1S/C52H35N3.C49H29N3O/c1-52(2)46-18-9-8-17-43(46)44-27-24-39(31-47(44)52)51-54-49(34-12-4-3-5-13-34)53-50(55-51)38-15-10-14-35(30-38)36-23-25-41-37(29-36)20-19-33-22-26-42-40-16-7-6-11-32(40)21-28-45(42)48(33)41;1-2-11-32(12-3-1)47-50-48(52-49(51-47)42-17-9-19-44-46(42)41-16-6-7-18-43(41)53-44)36-14-8-13-33(29-36)34-24-25-38-35(28-34)21-20-31-23-26-39-37-15-5-4-10-30(37)22-27-40(39)45(31)38/h3-31H,1-2H3;1-29H. The van der Waals surface area contributed by atoms with E-state index >= 15 is 0 Å². The third-order valence-corrected chi connectivity index (χ3v) is 22.2. The van der Waals surface area contributed by atoms with Crippen LogP contribution in [0.15, 0.2) is 356 Å². The van der Waals surface area contributed by atoms with E-state index in [9.17, 15) is 0 Å². The summed E-state index contributed by atoms with van der Waals surface area (Å²) in [7, 11) is 0. The minimum absolute atomic E-state index is 0.123. The summed E-state index contributed by atoms with van der Waals surface area (Å²) in [6, 6.07) is 125. The first kappa shape index (κ1) is 62.4. The summed E-state index contributed by atoms with van der Waals surface area (Å²) in [5.74, 6) is 3.82. The number of nitrogens with zero attached hydrogens (tertiary/aromatic N) is 6. The van der Waals surface area contributed by atoms with Crippen LogP contribution in [0.2, 0.25) is 0 Å². The molecule has 0 saturated carbocycles. The van der Waals surface area contributed by atoms with E-state index in [-0.39, 0.29) is 5.41 Å². The Bertz CT molecular complexity index is 7290. The largest absolute Gasteiger partial charge is 0.456 e. The van der Waals surface area contributed by atoms with Gasteiger partial charge in [0.15, 0.2) is 34.9 Å². The van der Waals surface area contributed by atoms with Gasteiger partial charge in [0.1, 0.15) is 11.2 Å². The first-order chi connectivity index (χ1) is 53.2. The topological polar surface area (TPSA) is 90.5 Å². The number of aromatic nitrogens is 6. The van der Waals surface area contributed by atoms with Gasteiger partial charge < -0.3 is 4.42 Å². The van der Waals surface area contributed by atoms with Gasteiger partial charge in [-0.15, -0.1) is 0 Å². The van der Waals surface area contributed by atoms with E-state index in [1.165, 1.54) is 108 Å². The Morgan fingerprint density at radius 3 is 1.14 bits per heavy atom. The minimum Gasteiger partial charge on any atom is -0.456 e. The Hall–Kier alpha value is -14.1. The lowest BCUT2D eigenvalue weighted by Crippen LogP contribution is -2.15. The summed E-state index contributed by atoms with van der Waals surface area (Å²) >= 11 is 0. The Morgan fingerprint density at radius 1 is 0.194 bits per heavy atom. The van der Waals surface area contributed by atoms with Gasteiger partial charge in [0, 0.05) is 49.6 Å². The molecule has 3 heterocycles. The highest BCUT2D eigenvalue weighted by molar-refractivity contribution is 6.26. The van der Waals surface area contributed by atoms with Gasteiger partial charge in [-0.25, -0.2) is 29.9 Å². The maximum atomic E-state index is 6.23. The Balaban J connectivity index is 0.000000138. The molecule has 0 amide bonds. The molecule has 108 heavy (non-hydrogen) atoms. The van der Waals surface area contributed by atoms with E-state index in [0.717, 1.165) is 77.6 Å². The van der Waals surface area contributed by atoms with Crippen LogP contribution in [-0.2, 0) is 5.41 Å². The SMILES string of the molecule is CC1(C)c2ccccc2-c2ccc(-c3nc(-c4ccccc4)nc(-c4cccc(-c5ccc6c(ccc7ccc8c9ccccc9ccc8c76)c5)c4)n3)cc21.c1ccc(-c2nc(-c3cccc(-c4ccc5c(ccc6ccc7c8ccccc8ccc7c65)c4)c3)nc(-c3cccc4oc5ccccc5c34)n2)cc1. The minimum atomic E-state index is -0.123. The number of rotatable bonds is 8. The highest BCUT2D eigenvalue weighted by atomic mass is 16.3. The maximum absolute atomic E-state index is 6.23. The van der Waals surface area contributed by atoms with Crippen molar-refractivity contribution in [1.82, 2.24) is 29.9 Å². The zero-order valence-electron chi connectivity index (χ0n) is 59.1. The van der Waals surface area contributed by atoms with Gasteiger partial charge in [-0.3, -0.25) is 0 Å². The zero-order chi connectivity index (χ0) is 71.6. The molecule has 0 unspecified atom stereocenters. The van der Waals surface area contributed by atoms with E-state index in [1.807, 2.05) is 78.9 Å². The van der Waals surface area contributed by atoms with Gasteiger partial charge in [0.05, 0.1) is 0 Å². The van der Waals surface area contributed by atoms with Crippen LogP contribution in [0.5, 0.6) is 0 Å². The van der Waals surface area contributed by atoms with Crippen LogP contribution in [0.4, 0.5) is 0 Å². The van der Waals surface area contributed by atoms with Crippen molar-refractivity contribution in [3.05, 3.63) is 363 Å². The number of hydrogen-bond donors (Lipinski definition) is 0. The molecule has 0 N–H and O–H groups in total. The zero-order valence-corrected chi connectivity index (χ0v) is 59.1. The molecule has 0 saturated heterocycles. The van der Waals surface area contributed by atoms with Crippen molar-refractivity contribution in [3.63, 3.8) is 0 Å². The molecule has 22 rings (SSSR count). The van der Waals surface area contributed by atoms with Gasteiger partial charge in [-0.1, -0.05) is 323 Å². The molecule has 3 aromatic heterocycles. The second-order valence-electron chi connectivity index (χ2n) is 28.8. The molecule has 0 bridgehead atoms. The lowest BCUT2D eigenvalue weighted by molar-refractivity contribution is 0.660. The number of hydrogen-bond acceptors (Lipinski definition) is 7. The molecular weight excluding hydrogens is 1310 g/mol. The van der Waals surface area contributed by atoms with E-state index in [2.05, 4.69) is 287 Å². The van der Waals surface area contributed by atoms with Gasteiger partial charge in [0.2, 0.25) is 0 Å². The van der Waals surface area contributed by atoms with Crippen molar-refractivity contribution in [2.24, 2.45) is 0 Å². The van der Waals surface area contributed by atoms with Gasteiger partial charge in [-0.2, -0.15) is 0 Å². The molecule has 21 aromatic rings. The molecular formula is C101H64N6O. The van der Waals surface area contributed by atoms with Crippen molar-refractivity contribution in [3.8, 4) is 102 Å². The Kier molecular flexibility index (Phi) is 14.5. The summed E-state index contributed by atoms with van der Waals surface area (Å²) < 4.78 is 6.23. The maximum Gasteiger partial charge on any atom is 0.164 e. The van der Waals surface area contributed by atoms with Gasteiger partial charge >= 0.3 is 0 Å². The molecule has 504 valence electrons. The summed E-state index contributed by atoms with van der Waals surface area (Å²) in [5.41, 5.74) is 16.9. The lowest BCUT2D eigenvalue weighted by atomic mass is 9.82. The quantitative estimate of drug-likeness (QED) is 0.140. The van der Waals surface area contributed by atoms with E-state index in [4.69, 9.17) is 34.3 Å². The fraction of sp³-hybridized carbons (Fsp3) is 0.0297. The van der Waals surface area contributed by atoms with Crippen molar-refractivity contribution >= 4 is 108 Å². The van der Waals surface area contributed by atoms with Crippen LogP contribution < -0.4 is 0 Å². The molecule has 0 fully saturated rings. The first-order valence-electron chi connectivity index (χ1n) is 36.8. The highest BCUT2D eigenvalue weighted by Gasteiger charge is 2.36. The van der Waals surface area contributed by atoms with Crippen LogP contribution in [0.25, 0.3) is 210 Å². The molecule has 7 nitrogen and oxygen atoms in total. The fourth-order valence-corrected chi connectivity index (χ4v) is 16.8. The predicted molar refractivity (Wildman–Crippen MR) is 448 cm³/mol. The number of benzene rings is 18. The summed E-state index contributed by atoms with van der Waals surface area (Å²) in [4.78, 5) is 30.6. The third kappa shape index (κ3) is 10.5. The van der Waals surface area contributed by atoms with E-state index in [0.29, 0.717) is 34.9 Å². The molecule has 0 spiro atoms. The first-order valence-corrected chi connectivity index (χ1v) is 36.8. The molecule has 0 radical (unpaired) electrons. The Labute approximate surface area is 622 Å². The molecule has 1 aliphatic carbocycles. The smallest absolute Gasteiger partial charge is 0.164 e.